The summed E-state index contributed by atoms with van der Waals surface area (Å²) in [6.07, 6.45) is 4.14. The molecule has 2 heteroatoms. The van der Waals surface area contributed by atoms with Crippen molar-refractivity contribution in [2.75, 3.05) is 0 Å². The molecule has 1 atom stereocenters. The van der Waals surface area contributed by atoms with Crippen LogP contribution in [0.3, 0.4) is 0 Å². The maximum Gasteiger partial charge on any atom is 0.123 e. The van der Waals surface area contributed by atoms with E-state index in [0.717, 1.165) is 42.4 Å². The molecular weight excluding hydrogens is 249 g/mol. The van der Waals surface area contributed by atoms with Crippen LogP contribution < -0.4 is 5.73 Å². The first-order chi connectivity index (χ1) is 9.61. The molecule has 0 saturated heterocycles. The summed E-state index contributed by atoms with van der Waals surface area (Å²) in [6.45, 7) is 2.01. The second-order valence-corrected chi connectivity index (χ2v) is 5.79. The van der Waals surface area contributed by atoms with Gasteiger partial charge in [-0.3, -0.25) is 0 Å². The fourth-order valence-corrected chi connectivity index (χ4v) is 3.38. The van der Waals surface area contributed by atoms with Gasteiger partial charge in [0.25, 0.3) is 0 Å². The minimum absolute atomic E-state index is 0.211. The zero-order valence-corrected chi connectivity index (χ0v) is 11.8. The van der Waals surface area contributed by atoms with Gasteiger partial charge in [-0.15, -0.1) is 0 Å². The van der Waals surface area contributed by atoms with E-state index in [4.69, 9.17) is 5.73 Å². The van der Waals surface area contributed by atoms with Crippen molar-refractivity contribution in [3.8, 4) is 0 Å². The Hall–Kier alpha value is -1.67. The van der Waals surface area contributed by atoms with Crippen molar-refractivity contribution >= 4 is 0 Å². The molecule has 0 heterocycles. The Kier molecular flexibility index (Phi) is 3.35. The zero-order chi connectivity index (χ0) is 14.2. The largest absolute Gasteiger partial charge is 0.318 e. The molecule has 0 aliphatic heterocycles. The number of rotatable bonds is 1. The van der Waals surface area contributed by atoms with Gasteiger partial charge in [0.05, 0.1) is 5.54 Å². The Labute approximate surface area is 119 Å². The van der Waals surface area contributed by atoms with Gasteiger partial charge in [0, 0.05) is 0 Å². The Bertz CT molecular complexity index is 635. The smallest absolute Gasteiger partial charge is 0.123 e. The highest BCUT2D eigenvalue weighted by molar-refractivity contribution is 5.46. The molecule has 1 aliphatic carbocycles. The summed E-state index contributed by atoms with van der Waals surface area (Å²) in [4.78, 5) is 0. The van der Waals surface area contributed by atoms with Crippen LogP contribution >= 0.6 is 0 Å². The van der Waals surface area contributed by atoms with Crippen LogP contribution in [0.1, 0.15) is 41.5 Å². The number of nitrogens with two attached hydrogens (primary N) is 1. The first-order valence-electron chi connectivity index (χ1n) is 7.25. The maximum absolute atomic E-state index is 13.7. The zero-order valence-electron chi connectivity index (χ0n) is 11.8. The molecule has 0 bridgehead atoms. The van der Waals surface area contributed by atoms with Gasteiger partial charge in [-0.2, -0.15) is 0 Å². The molecule has 0 aromatic heterocycles. The molecule has 0 amide bonds. The molecule has 2 aromatic rings. The minimum Gasteiger partial charge on any atom is -0.318 e. The number of hydrogen-bond donors (Lipinski definition) is 1. The second-order valence-electron chi connectivity index (χ2n) is 5.79. The first kappa shape index (κ1) is 13.3. The van der Waals surface area contributed by atoms with E-state index in [1.54, 1.807) is 6.07 Å². The normalized spacial score (nSPS) is 22.1. The first-order valence-corrected chi connectivity index (χ1v) is 7.25. The third kappa shape index (κ3) is 2.14. The summed E-state index contributed by atoms with van der Waals surface area (Å²) < 4.78 is 13.7. The van der Waals surface area contributed by atoms with E-state index in [1.807, 2.05) is 19.1 Å². The van der Waals surface area contributed by atoms with E-state index >= 15 is 0 Å². The average Bonchev–Trinajstić information content (AvgIpc) is 2.62. The highest BCUT2D eigenvalue weighted by Crippen LogP contribution is 2.38. The van der Waals surface area contributed by atoms with Crippen LogP contribution in [-0.2, 0) is 12.0 Å². The minimum atomic E-state index is -0.570. The van der Waals surface area contributed by atoms with E-state index < -0.39 is 5.54 Å². The van der Waals surface area contributed by atoms with E-state index in [-0.39, 0.29) is 5.82 Å². The van der Waals surface area contributed by atoms with Gasteiger partial charge in [-0.1, -0.05) is 36.8 Å². The van der Waals surface area contributed by atoms with Gasteiger partial charge in [0.2, 0.25) is 0 Å². The monoisotopic (exact) mass is 269 g/mol. The second kappa shape index (κ2) is 5.02. The summed E-state index contributed by atoms with van der Waals surface area (Å²) in [7, 11) is 0. The highest BCUT2D eigenvalue weighted by Gasteiger charge is 2.34. The van der Waals surface area contributed by atoms with Crippen molar-refractivity contribution in [3.05, 3.63) is 70.5 Å². The molecule has 1 unspecified atom stereocenters. The Morgan fingerprint density at radius 3 is 2.70 bits per heavy atom. The van der Waals surface area contributed by atoms with Gasteiger partial charge in [-0.25, -0.2) is 4.39 Å². The summed E-state index contributed by atoms with van der Waals surface area (Å²) in [5.74, 6) is -0.211. The number of benzene rings is 2. The van der Waals surface area contributed by atoms with Crippen LogP contribution in [0.25, 0.3) is 0 Å². The Morgan fingerprint density at radius 1 is 1.05 bits per heavy atom. The van der Waals surface area contributed by atoms with E-state index in [0.29, 0.717) is 0 Å². The van der Waals surface area contributed by atoms with Gasteiger partial charge in [0.15, 0.2) is 0 Å². The Morgan fingerprint density at radius 2 is 1.85 bits per heavy atom. The fourth-order valence-electron chi connectivity index (χ4n) is 3.38. The number of halogens is 1. The quantitative estimate of drug-likeness (QED) is 0.776. The molecular formula is C18H20FN. The van der Waals surface area contributed by atoms with Crippen molar-refractivity contribution in [1.82, 2.24) is 0 Å². The summed E-state index contributed by atoms with van der Waals surface area (Å²) >= 11 is 0. The molecule has 3 rings (SSSR count). The molecule has 20 heavy (non-hydrogen) atoms. The van der Waals surface area contributed by atoms with Gasteiger partial charge >= 0.3 is 0 Å². The molecule has 2 aromatic carbocycles. The third-order valence-electron chi connectivity index (χ3n) is 4.45. The lowest BCUT2D eigenvalue weighted by molar-refractivity contribution is 0.473. The predicted molar refractivity (Wildman–Crippen MR) is 80.1 cm³/mol. The average molecular weight is 269 g/mol. The van der Waals surface area contributed by atoms with Gasteiger partial charge in [0.1, 0.15) is 5.82 Å². The van der Waals surface area contributed by atoms with Crippen molar-refractivity contribution in [1.29, 1.82) is 0 Å². The number of hydrogen-bond acceptors (Lipinski definition) is 1. The topological polar surface area (TPSA) is 26.0 Å². The standard InChI is InChI=1S/C18H20FN/c1-13-9-10-15(19)12-17(13)18(20)11-5-4-7-14-6-2-3-8-16(14)18/h2-3,6,8-10,12H,4-5,7,11,20H2,1H3. The number of aryl methyl sites for hydroxylation is 2. The third-order valence-corrected chi connectivity index (χ3v) is 4.45. The summed E-state index contributed by atoms with van der Waals surface area (Å²) in [5.41, 5.74) is 10.7. The molecule has 104 valence electrons. The molecule has 1 nitrogen and oxygen atoms in total. The van der Waals surface area contributed by atoms with Crippen LogP contribution in [0.2, 0.25) is 0 Å². The van der Waals surface area contributed by atoms with Crippen molar-refractivity contribution in [2.24, 2.45) is 5.73 Å². The molecule has 0 radical (unpaired) electrons. The maximum atomic E-state index is 13.7. The van der Waals surface area contributed by atoms with Crippen LogP contribution in [0, 0.1) is 12.7 Å². The van der Waals surface area contributed by atoms with E-state index in [1.165, 1.54) is 11.6 Å². The lowest BCUT2D eigenvalue weighted by atomic mass is 9.77. The molecule has 0 spiro atoms. The van der Waals surface area contributed by atoms with E-state index in [2.05, 4.69) is 18.2 Å². The van der Waals surface area contributed by atoms with Crippen LogP contribution in [0.4, 0.5) is 4.39 Å². The summed E-state index contributed by atoms with van der Waals surface area (Å²) in [6, 6.07) is 13.3. The predicted octanol–water partition coefficient (Wildman–Crippen LogP) is 4.06. The van der Waals surface area contributed by atoms with Crippen molar-refractivity contribution in [3.63, 3.8) is 0 Å². The van der Waals surface area contributed by atoms with Crippen LogP contribution in [0.15, 0.2) is 42.5 Å². The summed E-state index contributed by atoms with van der Waals surface area (Å²) in [5, 5.41) is 0. The lowest BCUT2D eigenvalue weighted by Gasteiger charge is -2.32. The van der Waals surface area contributed by atoms with Crippen molar-refractivity contribution < 1.29 is 4.39 Å². The van der Waals surface area contributed by atoms with Crippen molar-refractivity contribution in [2.45, 2.75) is 38.1 Å². The van der Waals surface area contributed by atoms with Crippen LogP contribution in [0.5, 0.6) is 0 Å². The SMILES string of the molecule is Cc1ccc(F)cc1C1(N)CCCCc2ccccc21. The number of fused-ring (bicyclic) bond motifs is 1. The fraction of sp³-hybridized carbons (Fsp3) is 0.333. The van der Waals surface area contributed by atoms with Gasteiger partial charge < -0.3 is 5.73 Å². The van der Waals surface area contributed by atoms with E-state index in [9.17, 15) is 4.39 Å². The Balaban J connectivity index is 2.22. The van der Waals surface area contributed by atoms with Gasteiger partial charge in [-0.05, 0) is 60.6 Å². The highest BCUT2D eigenvalue weighted by atomic mass is 19.1. The molecule has 1 aliphatic rings. The van der Waals surface area contributed by atoms with Crippen LogP contribution in [-0.4, -0.2) is 0 Å². The molecule has 0 saturated carbocycles. The molecule has 0 fully saturated rings. The lowest BCUT2D eigenvalue weighted by Crippen LogP contribution is -2.39. The molecule has 2 N–H and O–H groups in total.